The van der Waals surface area contributed by atoms with Crippen LogP contribution in [0.25, 0.3) is 0 Å². The number of carbonyl (C=O) groups excluding carboxylic acids is 1. The van der Waals surface area contributed by atoms with Crippen molar-refractivity contribution in [1.82, 2.24) is 5.01 Å². The lowest BCUT2D eigenvalue weighted by molar-refractivity contribution is -0.777. The van der Waals surface area contributed by atoms with Gasteiger partial charge in [-0.2, -0.15) is 4.57 Å². The van der Waals surface area contributed by atoms with Gasteiger partial charge in [-0.1, -0.05) is 0 Å². The monoisotopic (exact) mass is 371 g/mol. The fourth-order valence-electron chi connectivity index (χ4n) is 3.36. The van der Waals surface area contributed by atoms with E-state index in [1.165, 1.54) is 15.8 Å². The minimum atomic E-state index is -1.80. The molecular formula is C15H21N3O8. The molecule has 11 nitrogen and oxygen atoms in total. The normalized spacial score (nSPS) is 34.2. The van der Waals surface area contributed by atoms with Crippen molar-refractivity contribution in [3.05, 3.63) is 35.0 Å². The van der Waals surface area contributed by atoms with Gasteiger partial charge >= 0.3 is 0 Å². The molecule has 6 atom stereocenters. The Morgan fingerprint density at radius 1 is 1.31 bits per heavy atom. The number of aliphatic carboxylic acids is 1. The van der Waals surface area contributed by atoms with E-state index in [4.69, 9.17) is 4.74 Å². The molecule has 0 bridgehead atoms. The van der Waals surface area contributed by atoms with Crippen LogP contribution in [-0.2, 0) is 9.53 Å². The summed E-state index contributed by atoms with van der Waals surface area (Å²) >= 11 is 0. The maximum atomic E-state index is 11.1. The van der Waals surface area contributed by atoms with Crippen LogP contribution in [0, 0.1) is 4.91 Å². The van der Waals surface area contributed by atoms with Crippen LogP contribution in [0.1, 0.15) is 30.7 Å². The van der Waals surface area contributed by atoms with Crippen LogP contribution in [0.3, 0.4) is 0 Å². The summed E-state index contributed by atoms with van der Waals surface area (Å²) < 4.78 is 6.64. The van der Waals surface area contributed by atoms with Crippen molar-refractivity contribution in [2.24, 2.45) is 5.29 Å². The Labute approximate surface area is 148 Å². The lowest BCUT2D eigenvalue weighted by atomic mass is 9.97. The number of pyridine rings is 1. The first-order valence-corrected chi connectivity index (χ1v) is 7.95. The molecule has 0 saturated carbocycles. The molecule has 3 rings (SSSR count). The van der Waals surface area contributed by atoms with E-state index in [0.29, 0.717) is 6.54 Å². The quantitative estimate of drug-likeness (QED) is 0.364. The number of hydrogen-bond donors (Lipinski definition) is 3. The first-order chi connectivity index (χ1) is 11.9. The minimum absolute atomic E-state index is 0. The van der Waals surface area contributed by atoms with Gasteiger partial charge in [0, 0.05) is 18.2 Å². The van der Waals surface area contributed by atoms with E-state index in [9.17, 15) is 30.1 Å². The van der Waals surface area contributed by atoms with E-state index in [2.05, 4.69) is 5.29 Å². The van der Waals surface area contributed by atoms with Crippen LogP contribution < -0.4 is 9.67 Å². The number of carboxylic acid groups (broad SMARTS) is 1. The molecule has 1 aromatic rings. The summed E-state index contributed by atoms with van der Waals surface area (Å²) in [5, 5.41) is 45.3. The Kier molecular flexibility index (Phi) is 6.21. The predicted molar refractivity (Wildman–Crippen MR) is 81.7 cm³/mol. The second-order valence-electron chi connectivity index (χ2n) is 6.23. The van der Waals surface area contributed by atoms with Gasteiger partial charge in [-0.3, -0.25) is 5.01 Å². The number of rotatable bonds is 4. The molecule has 0 amide bonds. The molecule has 0 aliphatic carbocycles. The largest absolute Gasteiger partial charge is 0.547 e. The average molecular weight is 371 g/mol. The van der Waals surface area contributed by atoms with Crippen molar-refractivity contribution in [3.63, 3.8) is 0 Å². The van der Waals surface area contributed by atoms with Crippen molar-refractivity contribution >= 4 is 5.97 Å². The van der Waals surface area contributed by atoms with Crippen LogP contribution in [0.5, 0.6) is 0 Å². The van der Waals surface area contributed by atoms with Gasteiger partial charge in [-0.15, -0.1) is 4.91 Å². The van der Waals surface area contributed by atoms with E-state index < -0.39 is 36.6 Å². The zero-order valence-electron chi connectivity index (χ0n) is 13.7. The lowest BCUT2D eigenvalue weighted by Gasteiger charge is -2.37. The Hall–Kier alpha value is -2.18. The Morgan fingerprint density at radius 2 is 2.04 bits per heavy atom. The van der Waals surface area contributed by atoms with Crippen molar-refractivity contribution < 1.29 is 40.0 Å². The highest BCUT2D eigenvalue weighted by molar-refractivity contribution is 5.71. The van der Waals surface area contributed by atoms with Crippen molar-refractivity contribution in [1.29, 1.82) is 0 Å². The number of nitroso groups, excluding NO2 is 1. The molecule has 144 valence electrons. The fraction of sp³-hybridized carbons (Fsp3) is 0.600. The summed E-state index contributed by atoms with van der Waals surface area (Å²) in [6.45, 7) is 0.545. The third-order valence-electron chi connectivity index (χ3n) is 4.67. The molecule has 11 heteroatoms. The van der Waals surface area contributed by atoms with Crippen molar-refractivity contribution in [3.8, 4) is 0 Å². The van der Waals surface area contributed by atoms with Gasteiger partial charge in [0.25, 0.3) is 6.23 Å². The van der Waals surface area contributed by atoms with Gasteiger partial charge in [0.1, 0.15) is 18.3 Å². The fourth-order valence-corrected chi connectivity index (χ4v) is 3.36. The minimum Gasteiger partial charge on any atom is -0.547 e. The van der Waals surface area contributed by atoms with E-state index >= 15 is 0 Å². The number of carbonyl (C=O) groups is 1. The molecule has 26 heavy (non-hydrogen) atoms. The second kappa shape index (κ2) is 8.01. The molecule has 0 unspecified atom stereocenters. The summed E-state index contributed by atoms with van der Waals surface area (Å²) in [6, 6.07) is 3.21. The van der Waals surface area contributed by atoms with Crippen LogP contribution >= 0.6 is 0 Å². The highest BCUT2D eigenvalue weighted by Gasteiger charge is 2.49. The van der Waals surface area contributed by atoms with Crippen LogP contribution in [-0.4, -0.2) is 62.7 Å². The Balaban J connectivity index is 0.00000243. The molecule has 0 aromatic carbocycles. The number of nitrogens with zero attached hydrogens (tertiary/aromatic N) is 3. The number of ether oxygens (including phenoxy) is 1. The van der Waals surface area contributed by atoms with E-state index in [-0.39, 0.29) is 11.5 Å². The topological polar surface area (TPSA) is 178 Å². The smallest absolute Gasteiger partial charge is 0.292 e. The maximum absolute atomic E-state index is 11.1. The van der Waals surface area contributed by atoms with E-state index in [0.717, 1.165) is 18.4 Å². The highest BCUT2D eigenvalue weighted by Crippen LogP contribution is 2.32. The van der Waals surface area contributed by atoms with Crippen LogP contribution in [0.4, 0.5) is 0 Å². The van der Waals surface area contributed by atoms with Gasteiger partial charge in [0.05, 0.1) is 17.3 Å². The first-order valence-electron chi connectivity index (χ1n) is 7.95. The Bertz CT molecular complexity index is 660. The number of aliphatic hydroxyl groups is 3. The molecule has 3 heterocycles. The number of aliphatic hydroxyl groups excluding tert-OH is 3. The molecule has 2 aliphatic rings. The number of aromatic nitrogens is 1. The molecule has 2 saturated heterocycles. The molecule has 0 radical (unpaired) electrons. The van der Waals surface area contributed by atoms with Gasteiger partial charge in [-0.05, 0) is 18.9 Å². The van der Waals surface area contributed by atoms with Crippen molar-refractivity contribution in [2.45, 2.75) is 49.5 Å². The second-order valence-corrected chi connectivity index (χ2v) is 6.23. The summed E-state index contributed by atoms with van der Waals surface area (Å²) in [5.74, 6) is -1.69. The maximum Gasteiger partial charge on any atom is 0.292 e. The van der Waals surface area contributed by atoms with Crippen LogP contribution in [0.15, 0.2) is 29.8 Å². The van der Waals surface area contributed by atoms with Gasteiger partial charge in [0.2, 0.25) is 0 Å². The summed E-state index contributed by atoms with van der Waals surface area (Å²) in [7, 11) is 0. The zero-order valence-corrected chi connectivity index (χ0v) is 13.7. The molecule has 2 aliphatic heterocycles. The van der Waals surface area contributed by atoms with E-state index in [1.54, 1.807) is 18.3 Å². The van der Waals surface area contributed by atoms with Crippen LogP contribution in [0.2, 0.25) is 0 Å². The summed E-state index contributed by atoms with van der Waals surface area (Å²) in [6.07, 6.45) is -3.41. The number of carboxylic acids is 1. The lowest BCUT2D eigenvalue weighted by Crippen LogP contribution is -2.65. The standard InChI is InChI=1S/C15H19N3O7.H2O/c19-10-11(20)13(15(22)23)25-14(12(10)21)17-5-1-3-8(7-17)9-4-2-6-18(9)16-24;/h1,3,5,7,9-14,19-21H,2,4,6H2;1H2/t9-,10-,11-,12+,13-,14+;/m0./s1. The zero-order chi connectivity index (χ0) is 18.1. The molecule has 5 N–H and O–H groups in total. The highest BCUT2D eigenvalue weighted by atomic mass is 16.6. The third kappa shape index (κ3) is 3.52. The van der Waals surface area contributed by atoms with Crippen molar-refractivity contribution in [2.75, 3.05) is 6.54 Å². The molecule has 1 aromatic heterocycles. The molecule has 0 spiro atoms. The van der Waals surface area contributed by atoms with Gasteiger partial charge in [-0.25, -0.2) is 0 Å². The first kappa shape index (κ1) is 20.1. The SMILES string of the molecule is O.O=NN1CCC[C@H]1c1ccc[n+]([C@@H]2O[C@H](C(=O)[O-])[C@@H](O)[C@H](O)[C@H]2O)c1. The average Bonchev–Trinajstić information content (AvgIpc) is 3.08. The number of hydrogen-bond acceptors (Lipinski definition) is 8. The molecular weight excluding hydrogens is 350 g/mol. The van der Waals surface area contributed by atoms with Gasteiger partial charge < -0.3 is 35.4 Å². The Morgan fingerprint density at radius 3 is 2.69 bits per heavy atom. The third-order valence-corrected chi connectivity index (χ3v) is 4.67. The summed E-state index contributed by atoms with van der Waals surface area (Å²) in [5.41, 5.74) is 0.737. The summed E-state index contributed by atoms with van der Waals surface area (Å²) in [4.78, 5) is 22.0. The van der Waals surface area contributed by atoms with Gasteiger partial charge in [0.15, 0.2) is 18.5 Å². The van der Waals surface area contributed by atoms with E-state index in [1.807, 2.05) is 0 Å². The predicted octanol–water partition coefficient (Wildman–Crippen LogP) is -3.30. The molecule has 2 fully saturated rings.